The summed E-state index contributed by atoms with van der Waals surface area (Å²) in [7, 11) is -5.18. The summed E-state index contributed by atoms with van der Waals surface area (Å²) in [5.74, 6) is 0.445. The van der Waals surface area contributed by atoms with Crippen molar-refractivity contribution in [2.45, 2.75) is 83.0 Å². The minimum atomic E-state index is -3.41. The SMILES string of the molecule is C/C(=C\CC[C@H](C)[C@@H](C)O[Si](C)(C)C(C)(C)C)CS(=O)(=O)c1nc2ccccc2s1. The van der Waals surface area contributed by atoms with Gasteiger partial charge in [0.2, 0.25) is 14.2 Å². The average Bonchev–Trinajstić information content (AvgIpc) is 3.05. The zero-order valence-corrected chi connectivity index (χ0v) is 22.3. The van der Waals surface area contributed by atoms with Gasteiger partial charge in [0, 0.05) is 6.10 Å². The minimum Gasteiger partial charge on any atom is -0.414 e. The van der Waals surface area contributed by atoms with Crippen LogP contribution in [0.25, 0.3) is 10.2 Å². The first-order valence-corrected chi connectivity index (χ1v) is 16.0. The van der Waals surface area contributed by atoms with Gasteiger partial charge in [-0.25, -0.2) is 13.4 Å². The first kappa shape index (κ1) is 25.2. The van der Waals surface area contributed by atoms with E-state index in [4.69, 9.17) is 4.43 Å². The third kappa shape index (κ3) is 6.49. The zero-order chi connectivity index (χ0) is 22.7. The van der Waals surface area contributed by atoms with Crippen molar-refractivity contribution in [3.05, 3.63) is 35.9 Å². The Hall–Kier alpha value is -1.02. The summed E-state index contributed by atoms with van der Waals surface area (Å²) in [6.45, 7) is 17.6. The fraction of sp³-hybridized carbons (Fsp3) is 0.609. The van der Waals surface area contributed by atoms with Crippen LogP contribution in [0.3, 0.4) is 0 Å². The summed E-state index contributed by atoms with van der Waals surface area (Å²) in [5, 5.41) is 0.201. The maximum absolute atomic E-state index is 12.8. The van der Waals surface area contributed by atoms with Crippen LogP contribution < -0.4 is 0 Å². The van der Waals surface area contributed by atoms with E-state index in [1.807, 2.05) is 31.2 Å². The second-order valence-corrected chi connectivity index (χ2v) is 17.8. The molecule has 0 aliphatic carbocycles. The van der Waals surface area contributed by atoms with E-state index in [2.05, 4.69) is 58.8 Å². The molecule has 0 bridgehead atoms. The fourth-order valence-electron chi connectivity index (χ4n) is 2.99. The monoisotopic (exact) mass is 467 g/mol. The van der Waals surface area contributed by atoms with Crippen molar-refractivity contribution in [3.63, 3.8) is 0 Å². The van der Waals surface area contributed by atoms with Gasteiger partial charge in [-0.3, -0.25) is 0 Å². The van der Waals surface area contributed by atoms with Crippen LogP contribution in [0.5, 0.6) is 0 Å². The Morgan fingerprint density at radius 2 is 1.87 bits per heavy atom. The summed E-state index contributed by atoms with van der Waals surface area (Å²) in [6.07, 6.45) is 4.09. The third-order valence-corrected chi connectivity index (χ3v) is 14.0. The highest BCUT2D eigenvalue weighted by atomic mass is 32.2. The van der Waals surface area contributed by atoms with Crippen molar-refractivity contribution < 1.29 is 12.8 Å². The molecular formula is C23H37NO3S2Si. The molecule has 0 saturated carbocycles. The molecule has 0 radical (unpaired) electrons. The predicted molar refractivity (Wildman–Crippen MR) is 132 cm³/mol. The first-order chi connectivity index (χ1) is 13.7. The maximum atomic E-state index is 12.8. The Kier molecular flexibility index (Phi) is 8.10. The van der Waals surface area contributed by atoms with E-state index < -0.39 is 18.2 Å². The molecule has 0 amide bonds. The number of sulfone groups is 1. The summed E-state index contributed by atoms with van der Waals surface area (Å²) < 4.78 is 33.1. The molecule has 0 aliphatic rings. The molecule has 0 aliphatic heterocycles. The van der Waals surface area contributed by atoms with Gasteiger partial charge in [0.1, 0.15) is 0 Å². The molecular weight excluding hydrogens is 430 g/mol. The molecule has 7 heteroatoms. The molecule has 168 valence electrons. The quantitative estimate of drug-likeness (QED) is 0.299. The van der Waals surface area contributed by atoms with Crippen LogP contribution in [0.4, 0.5) is 0 Å². The predicted octanol–water partition coefficient (Wildman–Crippen LogP) is 6.84. The number of para-hydroxylation sites is 1. The van der Waals surface area contributed by atoms with E-state index in [-0.39, 0.29) is 21.2 Å². The summed E-state index contributed by atoms with van der Waals surface area (Å²) in [5.41, 5.74) is 1.62. The van der Waals surface area contributed by atoms with Crippen LogP contribution >= 0.6 is 11.3 Å². The highest BCUT2D eigenvalue weighted by Crippen LogP contribution is 2.38. The number of thiazole rings is 1. The van der Waals surface area contributed by atoms with Gasteiger partial charge in [-0.05, 0) is 62.9 Å². The molecule has 0 spiro atoms. The Bertz CT molecular complexity index is 954. The Morgan fingerprint density at radius 1 is 1.23 bits per heavy atom. The van der Waals surface area contributed by atoms with Crippen LogP contribution in [-0.4, -0.2) is 33.6 Å². The molecule has 1 aromatic heterocycles. The Morgan fingerprint density at radius 3 is 2.47 bits per heavy atom. The van der Waals surface area contributed by atoms with Gasteiger partial charge in [0.25, 0.3) is 0 Å². The van der Waals surface area contributed by atoms with E-state index in [1.54, 1.807) is 0 Å². The molecule has 2 atom stereocenters. The molecule has 0 saturated heterocycles. The smallest absolute Gasteiger partial charge is 0.210 e. The lowest BCUT2D eigenvalue weighted by atomic mass is 10.00. The van der Waals surface area contributed by atoms with Crippen LogP contribution in [0, 0.1) is 5.92 Å². The van der Waals surface area contributed by atoms with Gasteiger partial charge in [-0.2, -0.15) is 0 Å². The number of aromatic nitrogens is 1. The molecule has 1 heterocycles. The van der Waals surface area contributed by atoms with Gasteiger partial charge >= 0.3 is 0 Å². The van der Waals surface area contributed by atoms with E-state index in [0.717, 1.165) is 28.6 Å². The molecule has 4 nitrogen and oxygen atoms in total. The van der Waals surface area contributed by atoms with Crippen LogP contribution in [-0.2, 0) is 14.3 Å². The third-order valence-electron chi connectivity index (χ3n) is 6.16. The number of hydrogen-bond donors (Lipinski definition) is 0. The highest BCUT2D eigenvalue weighted by molar-refractivity contribution is 7.93. The summed E-state index contributed by atoms with van der Waals surface area (Å²) >= 11 is 1.25. The van der Waals surface area contributed by atoms with Crippen LogP contribution in [0.15, 0.2) is 40.3 Å². The zero-order valence-electron chi connectivity index (χ0n) is 19.7. The number of fused-ring (bicyclic) bond motifs is 1. The molecule has 30 heavy (non-hydrogen) atoms. The van der Waals surface area contributed by atoms with Crippen LogP contribution in [0.1, 0.15) is 54.4 Å². The van der Waals surface area contributed by atoms with E-state index in [9.17, 15) is 8.42 Å². The minimum absolute atomic E-state index is 0.0250. The normalized spacial score (nSPS) is 16.1. The van der Waals surface area contributed by atoms with Gasteiger partial charge in [-0.1, -0.05) is 51.5 Å². The summed E-state index contributed by atoms with van der Waals surface area (Å²) in [4.78, 5) is 4.31. The fourth-order valence-corrected chi connectivity index (χ4v) is 7.23. The largest absolute Gasteiger partial charge is 0.414 e. The van der Waals surface area contributed by atoms with Gasteiger partial charge in [0.15, 0.2) is 8.32 Å². The second kappa shape index (κ2) is 9.63. The van der Waals surface area contributed by atoms with Crippen molar-refractivity contribution in [1.82, 2.24) is 4.98 Å². The second-order valence-electron chi connectivity index (χ2n) is 9.89. The lowest BCUT2D eigenvalue weighted by molar-refractivity contribution is 0.138. The van der Waals surface area contributed by atoms with Crippen molar-refractivity contribution in [3.8, 4) is 0 Å². The highest BCUT2D eigenvalue weighted by Gasteiger charge is 2.39. The Balaban J connectivity index is 1.93. The van der Waals surface area contributed by atoms with Crippen molar-refractivity contribution in [2.24, 2.45) is 5.92 Å². The maximum Gasteiger partial charge on any atom is 0.210 e. The first-order valence-electron chi connectivity index (χ1n) is 10.6. The van der Waals surface area contributed by atoms with Gasteiger partial charge in [0.05, 0.1) is 16.0 Å². The molecule has 2 aromatic rings. The van der Waals surface area contributed by atoms with Crippen molar-refractivity contribution in [1.29, 1.82) is 0 Å². The van der Waals surface area contributed by atoms with E-state index in [0.29, 0.717) is 5.92 Å². The number of rotatable bonds is 9. The standard InChI is InChI=1S/C23H37NO3S2Si/c1-17(12-11-13-18(2)19(3)27-30(7,8)23(4,5)6)16-29(25,26)22-24-20-14-9-10-15-21(20)28-22/h9-10,12,14-15,18-19H,11,13,16H2,1-8H3/b17-12+/t18-,19+/m0/s1. The van der Waals surface area contributed by atoms with Gasteiger partial charge in [-0.15, -0.1) is 11.3 Å². The van der Waals surface area contributed by atoms with Crippen molar-refractivity contribution in [2.75, 3.05) is 5.75 Å². The number of allylic oxidation sites excluding steroid dienone is 1. The number of hydrogen-bond acceptors (Lipinski definition) is 5. The summed E-state index contributed by atoms with van der Waals surface area (Å²) in [6, 6.07) is 7.53. The molecule has 0 unspecified atom stereocenters. The topological polar surface area (TPSA) is 56.3 Å². The molecule has 2 rings (SSSR count). The number of benzene rings is 1. The van der Waals surface area contributed by atoms with E-state index in [1.165, 1.54) is 11.3 Å². The van der Waals surface area contributed by atoms with Crippen molar-refractivity contribution >= 4 is 39.7 Å². The lowest BCUT2D eigenvalue weighted by Crippen LogP contribution is -2.44. The molecule has 0 fully saturated rings. The van der Waals surface area contributed by atoms with Gasteiger partial charge < -0.3 is 4.43 Å². The molecule has 1 aromatic carbocycles. The molecule has 0 N–H and O–H groups in total. The number of nitrogens with zero attached hydrogens (tertiary/aromatic N) is 1. The Labute approximate surface area is 187 Å². The van der Waals surface area contributed by atoms with Crippen LogP contribution in [0.2, 0.25) is 18.1 Å². The lowest BCUT2D eigenvalue weighted by Gasteiger charge is -2.40. The average molecular weight is 468 g/mol. The van der Waals surface area contributed by atoms with E-state index >= 15 is 0 Å².